The molecule has 0 aromatic heterocycles. The first-order chi connectivity index (χ1) is 18.8. The lowest BCUT2D eigenvalue weighted by Crippen LogP contribution is -2.38. The first kappa shape index (κ1) is 31.8. The number of phosphoric ester groups is 1. The number of esters is 1. The molecule has 1 aliphatic carbocycles. The summed E-state index contributed by atoms with van der Waals surface area (Å²) in [6, 6.07) is 12.4. The minimum Gasteiger partial charge on any atom is -0.507 e. The SMILES string of the molecule is C=C(C)[C@@H]1CCC(C)=C[C@H]1c1c(O)cc(CCCCC)cc1OC(=O)C(C)(C)OP(=O)(O)OCc1ccccc1. The number of allylic oxidation sites excluding steroid dienone is 3. The van der Waals surface area contributed by atoms with Gasteiger partial charge in [0.05, 0.1) is 6.61 Å². The van der Waals surface area contributed by atoms with Crippen molar-refractivity contribution in [3.8, 4) is 11.5 Å². The van der Waals surface area contributed by atoms with Gasteiger partial charge in [0.2, 0.25) is 0 Å². The third-order valence-electron chi connectivity index (χ3n) is 7.24. The average Bonchev–Trinajstić information content (AvgIpc) is 2.87. The predicted molar refractivity (Wildman–Crippen MR) is 157 cm³/mol. The van der Waals surface area contributed by atoms with Crippen LogP contribution in [-0.4, -0.2) is 21.6 Å². The molecule has 2 N–H and O–H groups in total. The van der Waals surface area contributed by atoms with Gasteiger partial charge in [0.1, 0.15) is 11.5 Å². The van der Waals surface area contributed by atoms with Gasteiger partial charge in [-0.1, -0.05) is 73.9 Å². The van der Waals surface area contributed by atoms with Crippen LogP contribution >= 0.6 is 7.82 Å². The molecule has 40 heavy (non-hydrogen) atoms. The number of phosphoric acid groups is 1. The molecule has 3 atom stereocenters. The summed E-state index contributed by atoms with van der Waals surface area (Å²) in [5, 5.41) is 11.3. The molecule has 1 aliphatic rings. The zero-order valence-electron chi connectivity index (χ0n) is 24.3. The quantitative estimate of drug-likeness (QED) is 0.0823. The van der Waals surface area contributed by atoms with Crippen molar-refractivity contribution < 1.29 is 33.1 Å². The number of aromatic hydroxyl groups is 1. The largest absolute Gasteiger partial charge is 0.507 e. The van der Waals surface area contributed by atoms with Gasteiger partial charge >= 0.3 is 13.8 Å². The first-order valence-electron chi connectivity index (χ1n) is 14.0. The highest BCUT2D eigenvalue weighted by Gasteiger charge is 2.41. The zero-order chi connectivity index (χ0) is 29.5. The fraction of sp³-hybridized carbons (Fsp3) is 0.469. The lowest BCUT2D eigenvalue weighted by atomic mass is 9.73. The van der Waals surface area contributed by atoms with Crippen LogP contribution in [0, 0.1) is 5.92 Å². The molecule has 0 saturated heterocycles. The number of phenols is 1. The van der Waals surface area contributed by atoms with Gasteiger partial charge in [-0.25, -0.2) is 9.36 Å². The Morgan fingerprint density at radius 3 is 2.50 bits per heavy atom. The van der Waals surface area contributed by atoms with Crippen LogP contribution in [0.25, 0.3) is 0 Å². The van der Waals surface area contributed by atoms with E-state index in [1.165, 1.54) is 19.4 Å². The lowest BCUT2D eigenvalue weighted by Gasteiger charge is -2.32. The first-order valence-corrected chi connectivity index (χ1v) is 15.4. The van der Waals surface area contributed by atoms with E-state index < -0.39 is 19.4 Å². The van der Waals surface area contributed by atoms with E-state index in [0.29, 0.717) is 11.1 Å². The number of benzene rings is 2. The van der Waals surface area contributed by atoms with E-state index in [2.05, 4.69) is 26.5 Å². The topological polar surface area (TPSA) is 102 Å². The second kappa shape index (κ2) is 13.8. The molecule has 0 amide bonds. The van der Waals surface area contributed by atoms with Gasteiger partial charge in [0.15, 0.2) is 5.60 Å². The number of phenolic OH excluding ortho intramolecular Hbond substituents is 1. The number of carbonyl (C=O) groups is 1. The van der Waals surface area contributed by atoms with Crippen LogP contribution in [0.2, 0.25) is 0 Å². The molecule has 0 aliphatic heterocycles. The van der Waals surface area contributed by atoms with Crippen LogP contribution in [0.15, 0.2) is 66.3 Å². The highest BCUT2D eigenvalue weighted by atomic mass is 31.2. The Hall–Kier alpha value is -2.70. The minimum atomic E-state index is -4.62. The third-order valence-corrected chi connectivity index (χ3v) is 8.38. The summed E-state index contributed by atoms with van der Waals surface area (Å²) in [5.74, 6) is -0.780. The highest BCUT2D eigenvalue weighted by molar-refractivity contribution is 7.47. The van der Waals surface area contributed by atoms with Crippen LogP contribution in [0.4, 0.5) is 0 Å². The number of aryl methyl sites for hydroxylation is 1. The van der Waals surface area contributed by atoms with Crippen LogP contribution < -0.4 is 4.74 Å². The number of carbonyl (C=O) groups excluding carboxylic acids is 1. The number of rotatable bonds is 13. The third kappa shape index (κ3) is 8.65. The number of hydrogen-bond donors (Lipinski definition) is 2. The monoisotopic (exact) mass is 570 g/mol. The summed E-state index contributed by atoms with van der Waals surface area (Å²) < 4.78 is 29.1. The average molecular weight is 571 g/mol. The molecule has 8 heteroatoms. The number of ether oxygens (including phenoxy) is 1. The fourth-order valence-electron chi connectivity index (χ4n) is 5.02. The molecule has 0 heterocycles. The smallest absolute Gasteiger partial charge is 0.473 e. The molecule has 0 saturated carbocycles. The number of hydrogen-bond acceptors (Lipinski definition) is 6. The van der Waals surface area contributed by atoms with Gasteiger partial charge < -0.3 is 14.7 Å². The molecule has 0 radical (unpaired) electrons. The van der Waals surface area contributed by atoms with E-state index in [-0.39, 0.29) is 29.9 Å². The van der Waals surface area contributed by atoms with E-state index in [1.54, 1.807) is 36.4 Å². The summed E-state index contributed by atoms with van der Waals surface area (Å²) >= 11 is 0. The highest BCUT2D eigenvalue weighted by Crippen LogP contribution is 2.50. The summed E-state index contributed by atoms with van der Waals surface area (Å²) in [4.78, 5) is 23.8. The van der Waals surface area contributed by atoms with Crippen molar-refractivity contribution in [2.45, 2.75) is 91.3 Å². The minimum absolute atomic E-state index is 0.0525. The van der Waals surface area contributed by atoms with Crippen LogP contribution in [-0.2, 0) is 31.4 Å². The van der Waals surface area contributed by atoms with E-state index in [4.69, 9.17) is 13.8 Å². The molecular weight excluding hydrogens is 527 g/mol. The van der Waals surface area contributed by atoms with Crippen molar-refractivity contribution in [2.75, 3.05) is 0 Å². The van der Waals surface area contributed by atoms with Crippen molar-refractivity contribution >= 4 is 13.8 Å². The predicted octanol–water partition coefficient (Wildman–Crippen LogP) is 8.16. The van der Waals surface area contributed by atoms with E-state index in [9.17, 15) is 19.4 Å². The Balaban J connectivity index is 1.90. The Morgan fingerprint density at radius 1 is 1.15 bits per heavy atom. The van der Waals surface area contributed by atoms with Crippen molar-refractivity contribution in [3.05, 3.63) is 83.0 Å². The van der Waals surface area contributed by atoms with Gasteiger partial charge in [0.25, 0.3) is 0 Å². The molecule has 2 aromatic carbocycles. The van der Waals surface area contributed by atoms with E-state index in [1.807, 2.05) is 13.0 Å². The normalized spacial score (nSPS) is 19.0. The van der Waals surface area contributed by atoms with Crippen LogP contribution in [0.1, 0.15) is 89.3 Å². The molecule has 1 unspecified atom stereocenters. The second-order valence-corrected chi connectivity index (χ2v) is 12.6. The number of unbranched alkanes of at least 4 members (excludes halogenated alkanes) is 2. The maximum absolute atomic E-state index is 13.4. The summed E-state index contributed by atoms with van der Waals surface area (Å²) in [7, 11) is -4.62. The van der Waals surface area contributed by atoms with Gasteiger partial charge in [-0.3, -0.25) is 9.05 Å². The Bertz CT molecular complexity index is 1270. The van der Waals surface area contributed by atoms with Crippen molar-refractivity contribution in [2.24, 2.45) is 5.92 Å². The van der Waals surface area contributed by atoms with Gasteiger partial charge in [-0.05, 0) is 82.6 Å². The van der Waals surface area contributed by atoms with E-state index in [0.717, 1.165) is 49.7 Å². The van der Waals surface area contributed by atoms with E-state index >= 15 is 0 Å². The van der Waals surface area contributed by atoms with Crippen LogP contribution in [0.5, 0.6) is 11.5 Å². The standard InChI is InChI=1S/C32H43O7P/c1-7-8-10-15-25-19-28(33)30(27-18-23(4)16-17-26(27)22(2)3)29(20-25)38-31(34)32(5,6)39-40(35,36)37-21-24-13-11-9-12-14-24/h9,11-14,18-20,26-27,33H,2,7-8,10,15-17,21H2,1,3-6H3,(H,35,36)/t26-,27+/m0/s1. The Labute approximate surface area is 238 Å². The molecule has 3 rings (SSSR count). The van der Waals surface area contributed by atoms with Gasteiger partial charge in [0, 0.05) is 11.5 Å². The Morgan fingerprint density at radius 2 is 1.85 bits per heavy atom. The maximum Gasteiger partial charge on any atom is 0.473 e. The van der Waals surface area contributed by atoms with Gasteiger partial charge in [-0.15, -0.1) is 0 Å². The lowest BCUT2D eigenvalue weighted by molar-refractivity contribution is -0.151. The molecule has 218 valence electrons. The molecule has 2 aromatic rings. The molecule has 0 fully saturated rings. The second-order valence-electron chi connectivity index (χ2n) is 11.2. The van der Waals surface area contributed by atoms with Crippen LogP contribution in [0.3, 0.4) is 0 Å². The molecule has 0 spiro atoms. The zero-order valence-corrected chi connectivity index (χ0v) is 25.2. The van der Waals surface area contributed by atoms with Crippen molar-refractivity contribution in [3.63, 3.8) is 0 Å². The van der Waals surface area contributed by atoms with Gasteiger partial charge in [-0.2, -0.15) is 0 Å². The Kier molecular flexibility index (Phi) is 11.0. The molecule has 7 nitrogen and oxygen atoms in total. The summed E-state index contributed by atoms with van der Waals surface area (Å²) in [6.45, 7) is 12.9. The summed E-state index contributed by atoms with van der Waals surface area (Å²) in [5.41, 5.74) is 2.38. The van der Waals surface area contributed by atoms with Crippen molar-refractivity contribution in [1.82, 2.24) is 0 Å². The molecular formula is C32H43O7P. The summed E-state index contributed by atoms with van der Waals surface area (Å²) in [6.07, 6.45) is 7.64. The maximum atomic E-state index is 13.4. The van der Waals surface area contributed by atoms with Crippen molar-refractivity contribution in [1.29, 1.82) is 0 Å². The fourth-order valence-corrected chi connectivity index (χ4v) is 6.04. The molecule has 0 bridgehead atoms.